The molecule has 0 radical (unpaired) electrons. The van der Waals surface area contributed by atoms with Gasteiger partial charge >= 0.3 is 6.16 Å². The summed E-state index contributed by atoms with van der Waals surface area (Å²) in [6, 6.07) is 26.4. The smallest absolute Gasteiger partial charge is 0.434 e. The fraction of sp³-hybridized carbons (Fsp3) is 0.375. The number of ether oxygens (including phenoxy) is 2. The van der Waals surface area contributed by atoms with Crippen molar-refractivity contribution in [3.8, 4) is 22.3 Å². The zero-order valence-corrected chi connectivity index (χ0v) is 31.1. The molecule has 1 aliphatic carbocycles. The zero-order valence-electron chi connectivity index (χ0n) is 27.9. The fourth-order valence-electron chi connectivity index (χ4n) is 6.95. The third-order valence-electron chi connectivity index (χ3n) is 9.71. The Morgan fingerprint density at radius 2 is 1.46 bits per heavy atom. The minimum Gasteiger partial charge on any atom is -0.434 e. The van der Waals surface area contributed by atoms with E-state index in [4.69, 9.17) is 9.47 Å². The number of hydrogen-bond acceptors (Lipinski definition) is 5. The second kappa shape index (κ2) is 16.3. The quantitative estimate of drug-likeness (QED) is 0.0520. The summed E-state index contributed by atoms with van der Waals surface area (Å²) in [6.07, 6.45) is 6.82. The zero-order chi connectivity index (χ0) is 34.3. The molecular formula is C40H43Br2NO5. The average Bonchev–Trinajstić information content (AvgIpc) is 3.31. The van der Waals surface area contributed by atoms with Gasteiger partial charge in [0.05, 0.1) is 18.1 Å². The first-order valence-corrected chi connectivity index (χ1v) is 18.5. The molecule has 5 rings (SSSR count). The average molecular weight is 778 g/mol. The van der Waals surface area contributed by atoms with Gasteiger partial charge in [0.15, 0.2) is 0 Å². The van der Waals surface area contributed by atoms with Crippen molar-refractivity contribution in [1.29, 1.82) is 0 Å². The number of unbranched alkanes of at least 4 members (excludes halogenated alkanes) is 1. The summed E-state index contributed by atoms with van der Waals surface area (Å²) < 4.78 is 12.9. The van der Waals surface area contributed by atoms with Gasteiger partial charge < -0.3 is 9.47 Å². The van der Waals surface area contributed by atoms with Gasteiger partial charge in [0.25, 0.3) is 5.69 Å². The minimum absolute atomic E-state index is 0.0118. The molecule has 0 aliphatic heterocycles. The van der Waals surface area contributed by atoms with Crippen molar-refractivity contribution in [1.82, 2.24) is 0 Å². The maximum absolute atomic E-state index is 12.5. The van der Waals surface area contributed by atoms with Gasteiger partial charge in [0.1, 0.15) is 0 Å². The molecule has 252 valence electrons. The molecule has 4 aromatic carbocycles. The second-order valence-electron chi connectivity index (χ2n) is 12.9. The summed E-state index contributed by atoms with van der Waals surface area (Å²) in [5.41, 5.74) is 8.44. The lowest BCUT2D eigenvalue weighted by Crippen LogP contribution is -2.22. The number of rotatable bonds is 15. The van der Waals surface area contributed by atoms with Crippen molar-refractivity contribution in [3.63, 3.8) is 0 Å². The Bertz CT molecular complexity index is 1700. The molecule has 8 heteroatoms. The Kier molecular flexibility index (Phi) is 12.1. The SMILES string of the molecule is CCCCC(CC)Cc1ccc(-c2ccc([N+](=O)[O-])c(CCOC(=O)OCCCC3(C)c4cc(Br)ccc4-c4ccc(Br)cc43)c2)cc1. The van der Waals surface area contributed by atoms with E-state index in [9.17, 15) is 14.9 Å². The number of carbonyl (C=O) groups excluding carboxylic acids is 1. The molecule has 48 heavy (non-hydrogen) atoms. The predicted octanol–water partition coefficient (Wildman–Crippen LogP) is 12.0. The number of hydrogen-bond donors (Lipinski definition) is 0. The first kappa shape index (κ1) is 35.8. The van der Waals surface area contributed by atoms with Crippen molar-refractivity contribution in [2.75, 3.05) is 13.2 Å². The monoisotopic (exact) mass is 775 g/mol. The number of nitro groups is 1. The highest BCUT2D eigenvalue weighted by Crippen LogP contribution is 2.52. The summed E-state index contributed by atoms with van der Waals surface area (Å²) in [7, 11) is 0. The summed E-state index contributed by atoms with van der Waals surface area (Å²) in [4.78, 5) is 23.9. The Morgan fingerprint density at radius 3 is 2.06 bits per heavy atom. The Hall–Kier alpha value is -3.49. The van der Waals surface area contributed by atoms with Crippen LogP contribution in [0.2, 0.25) is 0 Å². The maximum atomic E-state index is 12.5. The van der Waals surface area contributed by atoms with Gasteiger partial charge in [-0.15, -0.1) is 0 Å². The highest BCUT2D eigenvalue weighted by atomic mass is 79.9. The lowest BCUT2D eigenvalue weighted by Gasteiger charge is -2.27. The van der Waals surface area contributed by atoms with Crippen LogP contribution in [0.25, 0.3) is 22.3 Å². The van der Waals surface area contributed by atoms with Crippen molar-refractivity contribution in [2.24, 2.45) is 5.92 Å². The van der Waals surface area contributed by atoms with Crippen LogP contribution >= 0.6 is 31.9 Å². The topological polar surface area (TPSA) is 78.7 Å². The molecule has 0 saturated heterocycles. The van der Waals surface area contributed by atoms with E-state index < -0.39 is 11.1 Å². The molecule has 0 amide bonds. The van der Waals surface area contributed by atoms with E-state index in [-0.39, 0.29) is 30.7 Å². The van der Waals surface area contributed by atoms with Crippen molar-refractivity contribution in [3.05, 3.63) is 120 Å². The fourth-order valence-corrected chi connectivity index (χ4v) is 7.67. The summed E-state index contributed by atoms with van der Waals surface area (Å²) >= 11 is 7.26. The van der Waals surface area contributed by atoms with Crippen LogP contribution in [0.15, 0.2) is 87.8 Å². The van der Waals surface area contributed by atoms with Crippen LogP contribution in [0, 0.1) is 16.0 Å². The lowest BCUT2D eigenvalue weighted by molar-refractivity contribution is -0.385. The summed E-state index contributed by atoms with van der Waals surface area (Å²) in [5.74, 6) is 0.685. The van der Waals surface area contributed by atoms with E-state index in [0.717, 1.165) is 32.9 Å². The third kappa shape index (κ3) is 8.38. The van der Waals surface area contributed by atoms with Crippen LogP contribution in [0.5, 0.6) is 0 Å². The molecule has 0 bridgehead atoms. The van der Waals surface area contributed by atoms with Gasteiger partial charge in [0, 0.05) is 32.4 Å². The molecule has 0 N–H and O–H groups in total. The second-order valence-corrected chi connectivity index (χ2v) is 14.8. The molecule has 1 unspecified atom stereocenters. The molecule has 0 aromatic heterocycles. The van der Waals surface area contributed by atoms with Crippen LogP contribution in [0.4, 0.5) is 10.5 Å². The third-order valence-corrected chi connectivity index (χ3v) is 10.7. The highest BCUT2D eigenvalue weighted by Gasteiger charge is 2.39. The van der Waals surface area contributed by atoms with E-state index in [1.54, 1.807) is 6.07 Å². The van der Waals surface area contributed by atoms with Crippen LogP contribution in [-0.2, 0) is 27.7 Å². The summed E-state index contributed by atoms with van der Waals surface area (Å²) in [5, 5.41) is 11.8. The van der Waals surface area contributed by atoms with Gasteiger partial charge in [-0.25, -0.2) is 4.79 Å². The first-order valence-electron chi connectivity index (χ1n) is 16.9. The first-order chi connectivity index (χ1) is 23.1. The standard InChI is InChI=1S/C40H43Br2NO5/c1-4-6-8-27(5-2)23-28-9-11-29(12-10-28)30-13-18-38(43(45)46)31(24-30)19-22-48-39(44)47-21-7-20-40(3)36-25-32(41)14-16-34(36)35-17-15-33(42)26-37(35)40/h9-18,24-27H,4-8,19-23H2,1-3H3. The minimum atomic E-state index is -0.767. The highest BCUT2D eigenvalue weighted by molar-refractivity contribution is 9.10. The van der Waals surface area contributed by atoms with Crippen molar-refractivity contribution < 1.29 is 19.2 Å². The molecule has 1 aliphatic rings. The van der Waals surface area contributed by atoms with Gasteiger partial charge in [0.2, 0.25) is 0 Å². The molecule has 0 fully saturated rings. The lowest BCUT2D eigenvalue weighted by atomic mass is 9.76. The number of carbonyl (C=O) groups is 1. The Morgan fingerprint density at radius 1 is 0.833 bits per heavy atom. The number of halogens is 2. The van der Waals surface area contributed by atoms with Crippen LogP contribution < -0.4 is 0 Å². The molecule has 1 atom stereocenters. The molecule has 0 saturated carbocycles. The molecule has 6 nitrogen and oxygen atoms in total. The van der Waals surface area contributed by atoms with Crippen molar-refractivity contribution >= 4 is 43.7 Å². The van der Waals surface area contributed by atoms with Crippen LogP contribution in [-0.4, -0.2) is 24.3 Å². The molecule has 0 heterocycles. The van der Waals surface area contributed by atoms with Crippen molar-refractivity contribution in [2.45, 2.75) is 77.6 Å². The number of benzene rings is 4. The predicted molar refractivity (Wildman–Crippen MR) is 200 cm³/mol. The number of nitro benzene ring substituents is 1. The van der Waals surface area contributed by atoms with E-state index in [0.29, 0.717) is 17.9 Å². The van der Waals surface area contributed by atoms with Gasteiger partial charge in [-0.05, 0) is 101 Å². The molecule has 0 spiro atoms. The van der Waals surface area contributed by atoms with E-state index in [2.05, 4.69) is 113 Å². The van der Waals surface area contributed by atoms with E-state index in [1.165, 1.54) is 59.6 Å². The van der Waals surface area contributed by atoms with Gasteiger partial charge in [-0.2, -0.15) is 0 Å². The molecule has 4 aromatic rings. The number of nitrogens with zero attached hydrogens (tertiary/aromatic N) is 1. The van der Waals surface area contributed by atoms with Gasteiger partial charge in [-0.1, -0.05) is 115 Å². The maximum Gasteiger partial charge on any atom is 0.508 e. The Labute approximate surface area is 300 Å². The molecular weight excluding hydrogens is 734 g/mol. The van der Waals surface area contributed by atoms with Crippen LogP contribution in [0.1, 0.15) is 81.5 Å². The number of fused-ring (bicyclic) bond motifs is 3. The largest absolute Gasteiger partial charge is 0.508 e. The van der Waals surface area contributed by atoms with E-state index in [1.807, 2.05) is 6.07 Å². The van der Waals surface area contributed by atoms with Gasteiger partial charge in [-0.3, -0.25) is 10.1 Å². The normalized spacial score (nSPS) is 13.4. The summed E-state index contributed by atoms with van der Waals surface area (Å²) in [6.45, 7) is 6.92. The van der Waals surface area contributed by atoms with E-state index >= 15 is 0 Å². The Balaban J connectivity index is 1.15. The van der Waals surface area contributed by atoms with Crippen LogP contribution in [0.3, 0.4) is 0 Å².